The fourth-order valence-corrected chi connectivity index (χ4v) is 2.82. The van der Waals surface area contributed by atoms with Gasteiger partial charge in [-0.1, -0.05) is 29.8 Å². The number of aromatic nitrogens is 3. The number of methoxy groups -OCH3 is 1. The Hall–Kier alpha value is -3.55. The van der Waals surface area contributed by atoms with Gasteiger partial charge in [-0.3, -0.25) is 0 Å². The first-order valence-electron chi connectivity index (χ1n) is 10.2. The summed E-state index contributed by atoms with van der Waals surface area (Å²) in [5, 5.41) is 14.9. The fourth-order valence-electron chi connectivity index (χ4n) is 2.82. The van der Waals surface area contributed by atoms with Crippen LogP contribution in [0.15, 0.2) is 53.5 Å². The number of nitrogens with one attached hydrogen (secondary N) is 2. The number of guanidine groups is 1. The van der Waals surface area contributed by atoms with Gasteiger partial charge in [0.15, 0.2) is 11.8 Å². The third-order valence-corrected chi connectivity index (χ3v) is 4.86. The molecule has 0 bridgehead atoms. The van der Waals surface area contributed by atoms with Crippen molar-refractivity contribution in [2.45, 2.75) is 26.9 Å². The smallest absolute Gasteiger partial charge is 0.192 e. The van der Waals surface area contributed by atoms with Crippen molar-refractivity contribution in [1.29, 1.82) is 0 Å². The predicted molar refractivity (Wildman–Crippen MR) is 121 cm³/mol. The van der Waals surface area contributed by atoms with Gasteiger partial charge in [-0.05, 0) is 43.7 Å². The highest BCUT2D eigenvalue weighted by molar-refractivity contribution is 5.79. The van der Waals surface area contributed by atoms with E-state index in [0.717, 1.165) is 28.7 Å². The predicted octanol–water partition coefficient (Wildman–Crippen LogP) is 2.75. The Morgan fingerprint density at radius 3 is 2.32 bits per heavy atom. The summed E-state index contributed by atoms with van der Waals surface area (Å²) in [5.41, 5.74) is 2.30. The molecule has 1 aromatic heterocycles. The van der Waals surface area contributed by atoms with Crippen molar-refractivity contribution in [3.8, 4) is 11.5 Å². The number of rotatable bonds is 9. The summed E-state index contributed by atoms with van der Waals surface area (Å²) >= 11 is 0. The normalized spacial score (nSPS) is 11.3. The molecule has 8 nitrogen and oxygen atoms in total. The molecule has 2 N–H and O–H groups in total. The highest BCUT2D eigenvalue weighted by Crippen LogP contribution is 2.12. The van der Waals surface area contributed by atoms with Crippen LogP contribution in [-0.2, 0) is 20.1 Å². The molecular weight excluding hydrogens is 392 g/mol. The van der Waals surface area contributed by atoms with E-state index in [-0.39, 0.29) is 0 Å². The number of hydrogen-bond donors (Lipinski definition) is 2. The van der Waals surface area contributed by atoms with Crippen LogP contribution in [0, 0.1) is 13.8 Å². The zero-order valence-corrected chi connectivity index (χ0v) is 18.6. The molecule has 0 saturated carbocycles. The molecule has 0 atom stereocenters. The largest absolute Gasteiger partial charge is 0.497 e. The van der Waals surface area contributed by atoms with Crippen molar-refractivity contribution in [2.75, 3.05) is 20.3 Å². The van der Waals surface area contributed by atoms with Crippen molar-refractivity contribution < 1.29 is 9.47 Å². The van der Waals surface area contributed by atoms with E-state index >= 15 is 0 Å². The van der Waals surface area contributed by atoms with Crippen molar-refractivity contribution in [3.05, 3.63) is 71.3 Å². The molecule has 0 spiro atoms. The van der Waals surface area contributed by atoms with Crippen molar-refractivity contribution in [1.82, 2.24) is 25.4 Å². The van der Waals surface area contributed by atoms with Crippen LogP contribution in [0.25, 0.3) is 0 Å². The minimum Gasteiger partial charge on any atom is -0.497 e. The molecule has 1 heterocycles. The second kappa shape index (κ2) is 11.0. The highest BCUT2D eigenvalue weighted by atomic mass is 16.5. The van der Waals surface area contributed by atoms with Crippen molar-refractivity contribution in [2.24, 2.45) is 12.0 Å². The zero-order chi connectivity index (χ0) is 22.1. The molecule has 3 rings (SSSR count). The van der Waals surface area contributed by atoms with Gasteiger partial charge in [-0.2, -0.15) is 0 Å². The third-order valence-electron chi connectivity index (χ3n) is 4.86. The van der Waals surface area contributed by atoms with Gasteiger partial charge in [0.05, 0.1) is 26.7 Å². The number of ether oxygens (including phenoxy) is 2. The summed E-state index contributed by atoms with van der Waals surface area (Å²) in [6.07, 6.45) is 0. The Labute approximate surface area is 183 Å². The lowest BCUT2D eigenvalue weighted by molar-refractivity contribution is 0.322. The maximum Gasteiger partial charge on any atom is 0.192 e. The average Bonchev–Trinajstić information content (AvgIpc) is 3.11. The fraction of sp³-hybridized carbons (Fsp3) is 0.348. The lowest BCUT2D eigenvalue weighted by atomic mass is 10.2. The molecule has 0 aliphatic carbocycles. The number of aliphatic imine (C=N–C) groups is 1. The molecule has 2 aromatic carbocycles. The lowest BCUT2D eigenvalue weighted by Gasteiger charge is -2.13. The number of aryl methyl sites for hydroxylation is 2. The minimum absolute atomic E-state index is 0.518. The highest BCUT2D eigenvalue weighted by Gasteiger charge is 2.06. The maximum atomic E-state index is 5.80. The second-order valence-electron chi connectivity index (χ2n) is 7.18. The Morgan fingerprint density at radius 2 is 1.68 bits per heavy atom. The van der Waals surface area contributed by atoms with Crippen LogP contribution in [0.4, 0.5) is 0 Å². The van der Waals surface area contributed by atoms with Crippen molar-refractivity contribution in [3.63, 3.8) is 0 Å². The molecule has 31 heavy (non-hydrogen) atoms. The molecule has 0 aliphatic heterocycles. The third kappa shape index (κ3) is 6.74. The van der Waals surface area contributed by atoms with Gasteiger partial charge < -0.3 is 24.7 Å². The van der Waals surface area contributed by atoms with Gasteiger partial charge in [0.25, 0.3) is 0 Å². The lowest BCUT2D eigenvalue weighted by Crippen LogP contribution is -2.39. The number of hydrogen-bond acceptors (Lipinski definition) is 5. The summed E-state index contributed by atoms with van der Waals surface area (Å²) in [6, 6.07) is 15.9. The molecule has 0 amide bonds. The molecular formula is C23H30N6O2. The maximum absolute atomic E-state index is 5.80. The van der Waals surface area contributed by atoms with E-state index in [1.165, 1.54) is 5.56 Å². The second-order valence-corrected chi connectivity index (χ2v) is 7.18. The minimum atomic E-state index is 0.518. The van der Waals surface area contributed by atoms with E-state index in [1.54, 1.807) is 7.11 Å². The first-order chi connectivity index (χ1) is 15.0. The molecule has 0 fully saturated rings. The summed E-state index contributed by atoms with van der Waals surface area (Å²) in [6.45, 7) is 6.17. The van der Waals surface area contributed by atoms with E-state index in [9.17, 15) is 0 Å². The van der Waals surface area contributed by atoms with Gasteiger partial charge in [0, 0.05) is 7.05 Å². The van der Waals surface area contributed by atoms with Gasteiger partial charge in [-0.25, -0.2) is 4.99 Å². The summed E-state index contributed by atoms with van der Waals surface area (Å²) < 4.78 is 13.0. The quantitative estimate of drug-likeness (QED) is 0.313. The Morgan fingerprint density at radius 1 is 0.968 bits per heavy atom. The first kappa shape index (κ1) is 22.1. The van der Waals surface area contributed by atoms with E-state index in [2.05, 4.69) is 27.8 Å². The van der Waals surface area contributed by atoms with Crippen LogP contribution in [0.3, 0.4) is 0 Å². The van der Waals surface area contributed by atoms with Crippen molar-refractivity contribution >= 4 is 5.96 Å². The first-order valence-corrected chi connectivity index (χ1v) is 10.2. The van der Waals surface area contributed by atoms with Crippen LogP contribution in [-0.4, -0.2) is 41.0 Å². The summed E-state index contributed by atoms with van der Waals surface area (Å²) in [5.74, 6) is 4.08. The summed E-state index contributed by atoms with van der Waals surface area (Å²) in [7, 11) is 3.61. The van der Waals surface area contributed by atoms with E-state index in [0.29, 0.717) is 32.2 Å². The molecule has 0 saturated heterocycles. The Kier molecular flexibility index (Phi) is 7.86. The van der Waals surface area contributed by atoms with Gasteiger partial charge >= 0.3 is 0 Å². The molecule has 0 radical (unpaired) electrons. The van der Waals surface area contributed by atoms with Gasteiger partial charge in [0.1, 0.15) is 23.9 Å². The molecule has 8 heteroatoms. The van der Waals surface area contributed by atoms with E-state index in [4.69, 9.17) is 14.5 Å². The van der Waals surface area contributed by atoms with Crippen LogP contribution in [0.1, 0.15) is 22.8 Å². The van der Waals surface area contributed by atoms with Gasteiger partial charge in [0.2, 0.25) is 0 Å². The standard InChI is InChI=1S/C23H30N6O2/c1-17-5-9-21(10-6-17)31-14-13-24-23(26-16-22-28-27-18(2)29(22)3)25-15-19-7-11-20(30-4)12-8-19/h5-12H,13-16H2,1-4H3,(H2,24,25,26). The number of nitrogens with zero attached hydrogens (tertiary/aromatic N) is 4. The number of benzene rings is 2. The monoisotopic (exact) mass is 422 g/mol. The van der Waals surface area contributed by atoms with Crippen LogP contribution >= 0.6 is 0 Å². The zero-order valence-electron chi connectivity index (χ0n) is 18.6. The van der Waals surface area contributed by atoms with Crippen LogP contribution in [0.5, 0.6) is 11.5 Å². The molecule has 3 aromatic rings. The van der Waals surface area contributed by atoms with Crippen LogP contribution in [0.2, 0.25) is 0 Å². The molecule has 164 valence electrons. The molecule has 0 aliphatic rings. The van der Waals surface area contributed by atoms with Crippen LogP contribution < -0.4 is 20.1 Å². The summed E-state index contributed by atoms with van der Waals surface area (Å²) in [4.78, 5) is 4.70. The Balaban J connectivity index is 1.58. The molecule has 0 unspecified atom stereocenters. The topological polar surface area (TPSA) is 85.6 Å². The SMILES string of the molecule is COc1ccc(CN=C(NCCOc2ccc(C)cc2)NCc2nnc(C)n2C)cc1. The Bertz CT molecular complexity index is 980. The average molecular weight is 423 g/mol. The van der Waals surface area contributed by atoms with Gasteiger partial charge in [-0.15, -0.1) is 10.2 Å². The van der Waals surface area contributed by atoms with E-state index < -0.39 is 0 Å². The van der Waals surface area contributed by atoms with E-state index in [1.807, 2.05) is 67.1 Å².